The van der Waals surface area contributed by atoms with E-state index in [1.807, 2.05) is 0 Å². The quantitative estimate of drug-likeness (QED) is 0.447. The van der Waals surface area contributed by atoms with Crippen LogP contribution in [0.1, 0.15) is 31.7 Å². The summed E-state index contributed by atoms with van der Waals surface area (Å²) in [6.07, 6.45) is 3.35. The van der Waals surface area contributed by atoms with Crippen LogP contribution in [0.3, 0.4) is 0 Å². The normalized spacial score (nSPS) is 11.1. The molecule has 3 aromatic carbocycles. The van der Waals surface area contributed by atoms with E-state index < -0.39 is 17.5 Å². The van der Waals surface area contributed by atoms with Crippen LogP contribution in [-0.4, -0.2) is 7.11 Å². The Morgan fingerprint density at radius 2 is 1.58 bits per heavy atom. The maximum Gasteiger partial charge on any atom is 0.170 e. The van der Waals surface area contributed by atoms with E-state index in [9.17, 15) is 13.2 Å². The third kappa shape index (κ3) is 3.41. The monoisotopic (exact) mass is 358 g/mol. The molecule has 0 heterocycles. The number of rotatable bonds is 6. The van der Waals surface area contributed by atoms with Crippen molar-refractivity contribution < 1.29 is 17.9 Å². The Labute approximate surface area is 151 Å². The topological polar surface area (TPSA) is 9.23 Å². The van der Waals surface area contributed by atoms with Gasteiger partial charge in [0.2, 0.25) is 0 Å². The second kappa shape index (κ2) is 7.81. The van der Waals surface area contributed by atoms with Crippen LogP contribution in [0.5, 0.6) is 5.75 Å². The molecule has 0 aromatic heterocycles. The van der Waals surface area contributed by atoms with Gasteiger partial charge in [-0.05, 0) is 47.6 Å². The van der Waals surface area contributed by atoms with E-state index >= 15 is 0 Å². The van der Waals surface area contributed by atoms with Crippen LogP contribution < -0.4 is 4.74 Å². The first-order valence-electron chi connectivity index (χ1n) is 8.80. The largest absolute Gasteiger partial charge is 0.497 e. The van der Waals surface area contributed by atoms with Crippen molar-refractivity contribution in [3.8, 4) is 16.9 Å². The number of benzene rings is 3. The van der Waals surface area contributed by atoms with Crippen LogP contribution in [0.15, 0.2) is 42.5 Å². The molecule has 0 atom stereocenters. The summed E-state index contributed by atoms with van der Waals surface area (Å²) in [6.45, 7) is 2.06. The molecule has 0 saturated heterocycles. The average molecular weight is 358 g/mol. The van der Waals surface area contributed by atoms with Crippen molar-refractivity contribution >= 4 is 10.8 Å². The number of hydrogen-bond donors (Lipinski definition) is 0. The molecule has 3 rings (SSSR count). The van der Waals surface area contributed by atoms with Gasteiger partial charge < -0.3 is 4.74 Å². The highest BCUT2D eigenvalue weighted by molar-refractivity contribution is 5.89. The molecule has 0 saturated carbocycles. The van der Waals surface area contributed by atoms with Gasteiger partial charge in [-0.2, -0.15) is 0 Å². The highest BCUT2D eigenvalue weighted by Crippen LogP contribution is 2.34. The summed E-state index contributed by atoms with van der Waals surface area (Å²) in [4.78, 5) is 0. The zero-order chi connectivity index (χ0) is 18.7. The Kier molecular flexibility index (Phi) is 5.50. The highest BCUT2D eigenvalue weighted by Gasteiger charge is 2.19. The molecule has 0 unspecified atom stereocenters. The van der Waals surface area contributed by atoms with Gasteiger partial charge in [-0.15, -0.1) is 0 Å². The van der Waals surface area contributed by atoms with Crippen molar-refractivity contribution in [2.45, 2.75) is 32.6 Å². The van der Waals surface area contributed by atoms with Gasteiger partial charge in [0.05, 0.1) is 12.5 Å². The number of fused-ring (bicyclic) bond motifs is 1. The van der Waals surface area contributed by atoms with E-state index in [4.69, 9.17) is 4.74 Å². The molecular formula is C22H21F3O. The molecule has 1 nitrogen and oxygen atoms in total. The van der Waals surface area contributed by atoms with Gasteiger partial charge in [-0.25, -0.2) is 13.2 Å². The molecule has 0 aliphatic rings. The van der Waals surface area contributed by atoms with E-state index in [0.717, 1.165) is 19.3 Å². The van der Waals surface area contributed by atoms with E-state index in [2.05, 4.69) is 6.92 Å². The lowest BCUT2D eigenvalue weighted by molar-refractivity contribution is 0.415. The fourth-order valence-electron chi connectivity index (χ4n) is 3.16. The molecule has 0 radical (unpaired) electrons. The van der Waals surface area contributed by atoms with Crippen LogP contribution in [0.2, 0.25) is 0 Å². The van der Waals surface area contributed by atoms with E-state index in [1.54, 1.807) is 36.4 Å². The van der Waals surface area contributed by atoms with Gasteiger partial charge in [-0.1, -0.05) is 44.0 Å². The van der Waals surface area contributed by atoms with Crippen molar-refractivity contribution in [3.63, 3.8) is 0 Å². The summed E-state index contributed by atoms with van der Waals surface area (Å²) in [5.74, 6) is -2.20. The molecule has 4 heteroatoms. The van der Waals surface area contributed by atoms with Crippen molar-refractivity contribution in [3.05, 3.63) is 65.5 Å². The highest BCUT2D eigenvalue weighted by atomic mass is 19.2. The molecule has 0 fully saturated rings. The van der Waals surface area contributed by atoms with Gasteiger partial charge in [0, 0.05) is 5.56 Å². The number of ether oxygens (including phenoxy) is 1. The van der Waals surface area contributed by atoms with E-state index in [-0.39, 0.29) is 10.9 Å². The number of aryl methyl sites for hydroxylation is 1. The first-order valence-corrected chi connectivity index (χ1v) is 8.80. The van der Waals surface area contributed by atoms with Crippen LogP contribution in [0, 0.1) is 17.5 Å². The molecule has 0 aliphatic heterocycles. The van der Waals surface area contributed by atoms with Crippen LogP contribution in [-0.2, 0) is 6.42 Å². The second-order valence-corrected chi connectivity index (χ2v) is 6.37. The second-order valence-electron chi connectivity index (χ2n) is 6.37. The van der Waals surface area contributed by atoms with Gasteiger partial charge in [0.15, 0.2) is 11.6 Å². The minimum atomic E-state index is -1.14. The zero-order valence-corrected chi connectivity index (χ0v) is 14.9. The molecule has 136 valence electrons. The summed E-state index contributed by atoms with van der Waals surface area (Å²) in [6, 6.07) is 11.5. The van der Waals surface area contributed by atoms with E-state index in [0.29, 0.717) is 28.7 Å². The summed E-state index contributed by atoms with van der Waals surface area (Å²) >= 11 is 0. The lowest BCUT2D eigenvalue weighted by atomic mass is 9.96. The lowest BCUT2D eigenvalue weighted by Gasteiger charge is -2.12. The summed E-state index contributed by atoms with van der Waals surface area (Å²) < 4.78 is 49.2. The predicted octanol–water partition coefficient (Wildman–Crippen LogP) is 6.67. The SMILES string of the molecule is CCCCCc1ccc2cc(-c3ccc(OC)cc3)c(F)c(F)c2c1F. The van der Waals surface area contributed by atoms with Gasteiger partial charge in [0.1, 0.15) is 11.6 Å². The summed E-state index contributed by atoms with van der Waals surface area (Å²) in [5.41, 5.74) is 1.05. The van der Waals surface area contributed by atoms with Gasteiger partial charge in [-0.3, -0.25) is 0 Å². The third-order valence-corrected chi connectivity index (χ3v) is 4.65. The number of unbranched alkanes of at least 4 members (excludes halogenated alkanes) is 2. The Morgan fingerprint density at radius 3 is 2.23 bits per heavy atom. The Morgan fingerprint density at radius 1 is 0.846 bits per heavy atom. The number of halogens is 3. The smallest absolute Gasteiger partial charge is 0.170 e. The van der Waals surface area contributed by atoms with E-state index in [1.165, 1.54) is 13.2 Å². The van der Waals surface area contributed by atoms with Crippen molar-refractivity contribution in [2.24, 2.45) is 0 Å². The minimum Gasteiger partial charge on any atom is -0.497 e. The molecule has 0 amide bonds. The Hall–Kier alpha value is -2.49. The van der Waals surface area contributed by atoms with Crippen LogP contribution in [0.25, 0.3) is 21.9 Å². The van der Waals surface area contributed by atoms with Gasteiger partial charge >= 0.3 is 0 Å². The van der Waals surface area contributed by atoms with Crippen LogP contribution in [0.4, 0.5) is 13.2 Å². The molecule has 0 N–H and O–H groups in total. The maximum atomic E-state index is 14.7. The Balaban J connectivity index is 2.08. The molecule has 0 bridgehead atoms. The summed E-state index contributed by atoms with van der Waals surface area (Å²) in [7, 11) is 1.53. The molecule has 0 aliphatic carbocycles. The summed E-state index contributed by atoms with van der Waals surface area (Å²) in [5, 5.41) is 0.0835. The van der Waals surface area contributed by atoms with Gasteiger partial charge in [0.25, 0.3) is 0 Å². The van der Waals surface area contributed by atoms with Crippen molar-refractivity contribution in [1.29, 1.82) is 0 Å². The fraction of sp³-hybridized carbons (Fsp3) is 0.273. The molecule has 3 aromatic rings. The number of hydrogen-bond acceptors (Lipinski definition) is 1. The number of methoxy groups -OCH3 is 1. The lowest BCUT2D eigenvalue weighted by Crippen LogP contribution is -1.98. The van der Waals surface area contributed by atoms with Crippen molar-refractivity contribution in [1.82, 2.24) is 0 Å². The molecular weight excluding hydrogens is 337 g/mol. The minimum absolute atomic E-state index is 0.107. The first kappa shape index (κ1) is 18.3. The molecule has 26 heavy (non-hydrogen) atoms. The third-order valence-electron chi connectivity index (χ3n) is 4.65. The average Bonchev–Trinajstić information content (AvgIpc) is 2.66. The zero-order valence-electron chi connectivity index (χ0n) is 14.9. The molecule has 0 spiro atoms. The Bertz CT molecular complexity index is 917. The maximum absolute atomic E-state index is 14.7. The van der Waals surface area contributed by atoms with Crippen LogP contribution >= 0.6 is 0 Å². The standard InChI is InChI=1S/C22H21F3O/c1-3-4-5-6-15-7-8-16-13-18(14-9-11-17(26-2)12-10-14)21(24)22(25)19(16)20(15)23/h7-13H,3-6H2,1-2H3. The predicted molar refractivity (Wildman–Crippen MR) is 99.0 cm³/mol. The van der Waals surface area contributed by atoms with Crippen molar-refractivity contribution in [2.75, 3.05) is 7.11 Å². The fourth-order valence-corrected chi connectivity index (χ4v) is 3.16. The first-order chi connectivity index (χ1) is 12.6.